The van der Waals surface area contributed by atoms with Gasteiger partial charge in [0.25, 0.3) is 5.91 Å². The van der Waals surface area contributed by atoms with Gasteiger partial charge < -0.3 is 10.6 Å². The largest absolute Gasteiger partial charge is 0.326 e. The first-order chi connectivity index (χ1) is 8.65. The molecule has 0 bridgehead atoms. The summed E-state index contributed by atoms with van der Waals surface area (Å²) < 4.78 is 0. The molecule has 0 saturated heterocycles. The van der Waals surface area contributed by atoms with Gasteiger partial charge in [-0.3, -0.25) is 14.6 Å². The minimum Gasteiger partial charge on any atom is -0.326 e. The van der Waals surface area contributed by atoms with Crippen molar-refractivity contribution in [1.82, 2.24) is 5.32 Å². The fraction of sp³-hybridized carbons (Fsp3) is 0.250. The lowest BCUT2D eigenvalue weighted by Crippen LogP contribution is -2.27. The van der Waals surface area contributed by atoms with Gasteiger partial charge in [-0.15, -0.1) is 0 Å². The standard InChI is InChI=1S/C12H13N3O2S/c1-8(16)14-10-4-2-9(3-5-10)11(17)15-12-13-6-7-18-12/h2-5H,6-7H2,1H3,(H,14,16)(H,13,15,17). The third-order valence-corrected chi connectivity index (χ3v) is 3.16. The zero-order valence-corrected chi connectivity index (χ0v) is 10.7. The van der Waals surface area contributed by atoms with Gasteiger partial charge >= 0.3 is 0 Å². The van der Waals surface area contributed by atoms with E-state index in [1.165, 1.54) is 18.7 Å². The van der Waals surface area contributed by atoms with E-state index in [4.69, 9.17) is 0 Å². The summed E-state index contributed by atoms with van der Waals surface area (Å²) in [4.78, 5) is 26.8. The number of hydrogen-bond acceptors (Lipinski definition) is 4. The smallest absolute Gasteiger partial charge is 0.257 e. The normalized spacial score (nSPS) is 13.9. The van der Waals surface area contributed by atoms with Crippen LogP contribution in [0.15, 0.2) is 29.3 Å². The van der Waals surface area contributed by atoms with E-state index >= 15 is 0 Å². The van der Waals surface area contributed by atoms with Crippen LogP contribution in [0.2, 0.25) is 0 Å². The molecular formula is C12H13N3O2S. The molecule has 0 fully saturated rings. The molecule has 6 heteroatoms. The van der Waals surface area contributed by atoms with E-state index in [2.05, 4.69) is 15.6 Å². The first kappa shape index (κ1) is 12.6. The number of aliphatic imine (C=N–C) groups is 1. The third kappa shape index (κ3) is 3.33. The number of benzene rings is 1. The highest BCUT2D eigenvalue weighted by atomic mass is 32.2. The maximum absolute atomic E-state index is 11.8. The highest BCUT2D eigenvalue weighted by Gasteiger charge is 2.12. The van der Waals surface area contributed by atoms with Crippen LogP contribution in [0.1, 0.15) is 17.3 Å². The van der Waals surface area contributed by atoms with Gasteiger partial charge in [0.2, 0.25) is 5.91 Å². The molecule has 1 aromatic carbocycles. The van der Waals surface area contributed by atoms with Crippen molar-refractivity contribution < 1.29 is 9.59 Å². The summed E-state index contributed by atoms with van der Waals surface area (Å²) in [5.74, 6) is 0.596. The zero-order valence-electron chi connectivity index (χ0n) is 9.90. The predicted octanol–water partition coefficient (Wildman–Crippen LogP) is 1.48. The number of hydrogen-bond donors (Lipinski definition) is 2. The van der Waals surface area contributed by atoms with Gasteiger partial charge in [-0.2, -0.15) is 0 Å². The van der Waals surface area contributed by atoms with Crippen LogP contribution < -0.4 is 10.6 Å². The van der Waals surface area contributed by atoms with E-state index in [1.807, 2.05) is 0 Å². The average molecular weight is 263 g/mol. The molecule has 2 N–H and O–H groups in total. The van der Waals surface area contributed by atoms with E-state index < -0.39 is 0 Å². The predicted molar refractivity (Wildman–Crippen MR) is 73.0 cm³/mol. The molecule has 1 heterocycles. The van der Waals surface area contributed by atoms with Crippen molar-refractivity contribution in [2.75, 3.05) is 17.6 Å². The van der Waals surface area contributed by atoms with Crippen molar-refractivity contribution >= 4 is 34.4 Å². The van der Waals surface area contributed by atoms with Gasteiger partial charge in [-0.25, -0.2) is 0 Å². The first-order valence-electron chi connectivity index (χ1n) is 5.51. The molecule has 0 saturated carbocycles. The molecule has 0 radical (unpaired) electrons. The number of amides is 2. The molecule has 2 rings (SSSR count). The minimum absolute atomic E-state index is 0.135. The lowest BCUT2D eigenvalue weighted by atomic mass is 10.2. The molecule has 94 valence electrons. The molecule has 0 aromatic heterocycles. The Morgan fingerprint density at radius 3 is 2.50 bits per heavy atom. The molecule has 0 spiro atoms. The maximum atomic E-state index is 11.8. The zero-order chi connectivity index (χ0) is 13.0. The molecule has 1 aliphatic heterocycles. The number of anilines is 1. The molecule has 18 heavy (non-hydrogen) atoms. The number of nitrogens with zero attached hydrogens (tertiary/aromatic N) is 1. The lowest BCUT2D eigenvalue weighted by molar-refractivity contribution is -0.114. The van der Waals surface area contributed by atoms with Gasteiger partial charge in [0.05, 0.1) is 6.54 Å². The number of rotatable bonds is 2. The summed E-state index contributed by atoms with van der Waals surface area (Å²) >= 11 is 1.54. The molecular weight excluding hydrogens is 250 g/mol. The Labute approximate surface area is 109 Å². The number of carbonyl (C=O) groups is 2. The Morgan fingerprint density at radius 2 is 1.94 bits per heavy atom. The second-order valence-corrected chi connectivity index (χ2v) is 4.83. The second kappa shape index (κ2) is 5.68. The van der Waals surface area contributed by atoms with Crippen molar-refractivity contribution in [2.24, 2.45) is 4.99 Å². The Hall–Kier alpha value is -1.82. The lowest BCUT2D eigenvalue weighted by Gasteiger charge is -2.05. The SMILES string of the molecule is CC(=O)Nc1ccc(C(=O)NC2=NCCS2)cc1. The van der Waals surface area contributed by atoms with Crippen LogP contribution in [0.5, 0.6) is 0 Å². The van der Waals surface area contributed by atoms with E-state index in [-0.39, 0.29) is 11.8 Å². The summed E-state index contributed by atoms with van der Waals surface area (Å²) in [5.41, 5.74) is 1.21. The van der Waals surface area contributed by atoms with Crippen molar-refractivity contribution in [3.05, 3.63) is 29.8 Å². The van der Waals surface area contributed by atoms with Gasteiger partial charge in [0.15, 0.2) is 5.17 Å². The molecule has 2 amide bonds. The number of carbonyl (C=O) groups excluding carboxylic acids is 2. The topological polar surface area (TPSA) is 70.6 Å². The van der Waals surface area contributed by atoms with Gasteiger partial charge in [-0.1, -0.05) is 11.8 Å². The summed E-state index contributed by atoms with van der Waals surface area (Å²) in [7, 11) is 0. The van der Waals surface area contributed by atoms with Crippen LogP contribution >= 0.6 is 11.8 Å². The fourth-order valence-electron chi connectivity index (χ4n) is 1.49. The third-order valence-electron chi connectivity index (χ3n) is 2.27. The van der Waals surface area contributed by atoms with Crippen LogP contribution in [-0.4, -0.2) is 29.3 Å². The molecule has 0 unspecified atom stereocenters. The highest BCUT2D eigenvalue weighted by molar-refractivity contribution is 8.14. The molecule has 0 atom stereocenters. The quantitative estimate of drug-likeness (QED) is 0.849. The van der Waals surface area contributed by atoms with Gasteiger partial charge in [0, 0.05) is 23.9 Å². The summed E-state index contributed by atoms with van der Waals surface area (Å²) in [6.45, 7) is 2.19. The summed E-state index contributed by atoms with van der Waals surface area (Å²) in [6, 6.07) is 6.72. The van der Waals surface area contributed by atoms with Crippen molar-refractivity contribution in [1.29, 1.82) is 0 Å². The molecule has 1 aliphatic rings. The number of nitrogens with one attached hydrogen (secondary N) is 2. The molecule has 5 nitrogen and oxygen atoms in total. The number of thioether (sulfide) groups is 1. The van der Waals surface area contributed by atoms with Crippen LogP contribution in [0.25, 0.3) is 0 Å². The Balaban J connectivity index is 2.00. The second-order valence-electron chi connectivity index (χ2n) is 3.75. The van der Waals surface area contributed by atoms with Crippen molar-refractivity contribution in [3.8, 4) is 0 Å². The van der Waals surface area contributed by atoms with Crippen molar-refractivity contribution in [3.63, 3.8) is 0 Å². The maximum Gasteiger partial charge on any atom is 0.257 e. The monoisotopic (exact) mass is 263 g/mol. The van der Waals surface area contributed by atoms with Gasteiger partial charge in [0.1, 0.15) is 0 Å². The number of amidine groups is 1. The van der Waals surface area contributed by atoms with E-state index in [0.29, 0.717) is 16.4 Å². The van der Waals surface area contributed by atoms with Crippen LogP contribution in [0.3, 0.4) is 0 Å². The van der Waals surface area contributed by atoms with E-state index in [0.717, 1.165) is 12.3 Å². The minimum atomic E-state index is -0.183. The Kier molecular flexibility index (Phi) is 3.99. The van der Waals surface area contributed by atoms with Gasteiger partial charge in [-0.05, 0) is 24.3 Å². The molecule has 0 aliphatic carbocycles. The molecule has 1 aromatic rings. The summed E-state index contributed by atoms with van der Waals surface area (Å²) in [5, 5.41) is 6.06. The summed E-state index contributed by atoms with van der Waals surface area (Å²) in [6.07, 6.45) is 0. The van der Waals surface area contributed by atoms with Crippen molar-refractivity contribution in [2.45, 2.75) is 6.92 Å². The van der Waals surface area contributed by atoms with E-state index in [1.54, 1.807) is 24.3 Å². The average Bonchev–Trinajstić information content (AvgIpc) is 2.82. The Bertz CT molecular complexity index is 497. The van der Waals surface area contributed by atoms with E-state index in [9.17, 15) is 9.59 Å². The van der Waals surface area contributed by atoms with Crippen LogP contribution in [0, 0.1) is 0 Å². The van der Waals surface area contributed by atoms with Crippen LogP contribution in [-0.2, 0) is 4.79 Å². The first-order valence-corrected chi connectivity index (χ1v) is 6.50. The highest BCUT2D eigenvalue weighted by Crippen LogP contribution is 2.12. The Morgan fingerprint density at radius 1 is 1.22 bits per heavy atom. The van der Waals surface area contributed by atoms with Crippen LogP contribution in [0.4, 0.5) is 5.69 Å². The fourth-order valence-corrected chi connectivity index (χ4v) is 2.21.